The molecule has 1 saturated heterocycles. The number of amides is 2. The first-order valence-electron chi connectivity index (χ1n) is 11.8. The maximum Gasteiger partial charge on any atom is 0.411 e. The minimum absolute atomic E-state index is 0.0301. The molecule has 12 heteroatoms. The molecule has 1 aromatic heterocycles. The lowest BCUT2D eigenvalue weighted by molar-refractivity contribution is -0.118. The van der Waals surface area contributed by atoms with Gasteiger partial charge in [-0.1, -0.05) is 0 Å². The number of methoxy groups -OCH3 is 1. The van der Waals surface area contributed by atoms with Gasteiger partial charge in [0.05, 0.1) is 19.3 Å². The van der Waals surface area contributed by atoms with Crippen LogP contribution in [0.3, 0.4) is 0 Å². The number of hydrogen-bond acceptors (Lipinski definition) is 9. The maximum atomic E-state index is 12.5. The molecule has 1 aliphatic heterocycles. The fourth-order valence-corrected chi connectivity index (χ4v) is 4.54. The highest BCUT2D eigenvalue weighted by Crippen LogP contribution is 2.36. The molecule has 1 saturated carbocycles. The molecule has 2 aliphatic rings. The number of aldehydes is 1. The Balaban J connectivity index is 1.27. The van der Waals surface area contributed by atoms with Gasteiger partial charge in [0.15, 0.2) is 18.7 Å². The van der Waals surface area contributed by atoms with E-state index in [1.54, 1.807) is 11.0 Å². The number of aromatic amines is 1. The zero-order valence-corrected chi connectivity index (χ0v) is 20.4. The van der Waals surface area contributed by atoms with Crippen LogP contribution in [0.1, 0.15) is 47.7 Å². The average molecular weight is 502 g/mol. The van der Waals surface area contributed by atoms with E-state index in [4.69, 9.17) is 14.2 Å². The predicted molar refractivity (Wildman–Crippen MR) is 128 cm³/mol. The molecule has 3 N–H and O–H groups in total. The largest absolute Gasteiger partial charge is 0.507 e. The van der Waals surface area contributed by atoms with E-state index in [2.05, 4.69) is 20.4 Å². The van der Waals surface area contributed by atoms with Gasteiger partial charge in [0.25, 0.3) is 5.91 Å². The Labute approximate surface area is 208 Å². The van der Waals surface area contributed by atoms with Crippen LogP contribution in [0.15, 0.2) is 18.2 Å². The van der Waals surface area contributed by atoms with Crippen molar-refractivity contribution < 1.29 is 33.7 Å². The first-order chi connectivity index (χ1) is 17.4. The molecule has 2 aromatic rings. The van der Waals surface area contributed by atoms with E-state index in [0.717, 1.165) is 31.5 Å². The van der Waals surface area contributed by atoms with Crippen LogP contribution in [0.25, 0.3) is 0 Å². The lowest BCUT2D eigenvalue weighted by Crippen LogP contribution is -2.46. The van der Waals surface area contributed by atoms with Crippen LogP contribution in [-0.4, -0.2) is 90.0 Å². The Bertz CT molecular complexity index is 1100. The number of phenolic OH excluding ortho intramolecular Hbond substituents is 1. The number of anilines is 1. The van der Waals surface area contributed by atoms with Gasteiger partial charge in [0.1, 0.15) is 23.4 Å². The van der Waals surface area contributed by atoms with E-state index >= 15 is 0 Å². The van der Waals surface area contributed by atoms with E-state index in [1.807, 2.05) is 7.05 Å². The predicted octanol–water partition coefficient (Wildman–Crippen LogP) is 2.32. The molecule has 0 unspecified atom stereocenters. The maximum absolute atomic E-state index is 12.5. The summed E-state index contributed by atoms with van der Waals surface area (Å²) in [5, 5.41) is 19.7. The Kier molecular flexibility index (Phi) is 7.93. The molecular weight excluding hydrogens is 470 g/mol. The lowest BCUT2D eigenvalue weighted by Gasteiger charge is -2.33. The molecule has 2 fully saturated rings. The Hall–Kier alpha value is -3.80. The molecule has 12 nitrogen and oxygen atoms in total. The highest BCUT2D eigenvalue weighted by atomic mass is 16.6. The standard InChI is InChI=1S/C24H31N5O7/c1-28-6-3-7-29(14-28)24(33)36-16-5-4-15(8-16)19-11-22(27-26-19)25-23(32)13-35-21-10-17(34-2)9-20(31)18(21)12-30/h9-12,15-16,31H,3-8,13-14H2,1-2H3,(H2,25,26,27,32)/t15-,16+/m0/s1. The minimum atomic E-state index is -0.489. The zero-order valence-electron chi connectivity index (χ0n) is 20.4. The molecule has 0 bridgehead atoms. The van der Waals surface area contributed by atoms with Crippen LogP contribution in [0.2, 0.25) is 0 Å². The van der Waals surface area contributed by atoms with Gasteiger partial charge in [0.2, 0.25) is 0 Å². The molecule has 2 heterocycles. The summed E-state index contributed by atoms with van der Waals surface area (Å²) in [5.41, 5.74) is 0.776. The Morgan fingerprint density at radius 1 is 1.28 bits per heavy atom. The molecule has 0 spiro atoms. The fourth-order valence-electron chi connectivity index (χ4n) is 4.54. The second-order valence-corrected chi connectivity index (χ2v) is 9.08. The summed E-state index contributed by atoms with van der Waals surface area (Å²) in [6.07, 6.45) is 3.24. The summed E-state index contributed by atoms with van der Waals surface area (Å²) >= 11 is 0. The van der Waals surface area contributed by atoms with Crippen molar-refractivity contribution in [3.8, 4) is 17.2 Å². The number of phenols is 1. The summed E-state index contributed by atoms with van der Waals surface area (Å²) in [7, 11) is 3.39. The molecule has 36 heavy (non-hydrogen) atoms. The molecule has 1 aromatic carbocycles. The van der Waals surface area contributed by atoms with Gasteiger partial charge >= 0.3 is 6.09 Å². The van der Waals surface area contributed by atoms with Gasteiger partial charge < -0.3 is 24.6 Å². The molecule has 4 rings (SSSR count). The van der Waals surface area contributed by atoms with Crippen LogP contribution in [0.5, 0.6) is 17.2 Å². The summed E-state index contributed by atoms with van der Waals surface area (Å²) in [5.74, 6) is -0.00943. The van der Waals surface area contributed by atoms with E-state index in [9.17, 15) is 19.5 Å². The van der Waals surface area contributed by atoms with Crippen molar-refractivity contribution in [2.24, 2.45) is 0 Å². The van der Waals surface area contributed by atoms with Crippen molar-refractivity contribution in [1.82, 2.24) is 20.0 Å². The highest BCUT2D eigenvalue weighted by Gasteiger charge is 2.32. The summed E-state index contributed by atoms with van der Waals surface area (Å²) in [6.45, 7) is 1.87. The zero-order chi connectivity index (χ0) is 25.7. The van der Waals surface area contributed by atoms with Crippen molar-refractivity contribution in [2.45, 2.75) is 37.7 Å². The first kappa shape index (κ1) is 25.3. The molecule has 0 radical (unpaired) electrons. The number of carbonyl (C=O) groups excluding carboxylic acids is 3. The second kappa shape index (κ2) is 11.3. The number of hydrogen-bond donors (Lipinski definition) is 3. The Morgan fingerprint density at radius 2 is 2.11 bits per heavy atom. The number of benzene rings is 1. The molecule has 2 amide bonds. The number of nitrogens with zero attached hydrogens (tertiary/aromatic N) is 3. The van der Waals surface area contributed by atoms with Gasteiger partial charge in [0, 0.05) is 42.9 Å². The number of carbonyl (C=O) groups is 3. The SMILES string of the molecule is COc1cc(O)c(C=O)c(OCC(=O)Nc2cc([C@H]3CC[C@@H](OC(=O)N4CCCN(C)C4)C3)[nH]n2)c1. The third-order valence-corrected chi connectivity index (χ3v) is 6.40. The quantitative estimate of drug-likeness (QED) is 0.464. The van der Waals surface area contributed by atoms with Crippen molar-refractivity contribution in [3.63, 3.8) is 0 Å². The van der Waals surface area contributed by atoms with Gasteiger partial charge in [-0.25, -0.2) is 4.79 Å². The van der Waals surface area contributed by atoms with Crippen LogP contribution >= 0.6 is 0 Å². The smallest absolute Gasteiger partial charge is 0.411 e. The van der Waals surface area contributed by atoms with Crippen molar-refractivity contribution in [2.75, 3.05) is 45.8 Å². The number of rotatable bonds is 8. The minimum Gasteiger partial charge on any atom is -0.507 e. The topological polar surface area (TPSA) is 146 Å². The summed E-state index contributed by atoms with van der Waals surface area (Å²) < 4.78 is 16.2. The first-order valence-corrected chi connectivity index (χ1v) is 11.8. The van der Waals surface area contributed by atoms with Crippen molar-refractivity contribution in [3.05, 3.63) is 29.5 Å². The molecular formula is C24H31N5O7. The summed E-state index contributed by atoms with van der Waals surface area (Å²) in [4.78, 5) is 39.9. The monoisotopic (exact) mass is 501 g/mol. The van der Waals surface area contributed by atoms with E-state index in [-0.39, 0.29) is 40.9 Å². The third-order valence-electron chi connectivity index (χ3n) is 6.40. The number of aromatic nitrogens is 2. The molecule has 194 valence electrons. The molecule has 2 atom stereocenters. The molecule has 1 aliphatic carbocycles. The second-order valence-electron chi connectivity index (χ2n) is 9.08. The van der Waals surface area contributed by atoms with Crippen LogP contribution in [0, 0.1) is 0 Å². The van der Waals surface area contributed by atoms with E-state index in [0.29, 0.717) is 31.7 Å². The van der Waals surface area contributed by atoms with Gasteiger partial charge in [-0.15, -0.1) is 0 Å². The van der Waals surface area contributed by atoms with Crippen LogP contribution in [-0.2, 0) is 9.53 Å². The number of ether oxygens (including phenoxy) is 3. The Morgan fingerprint density at radius 3 is 2.86 bits per heavy atom. The van der Waals surface area contributed by atoms with Gasteiger partial charge in [-0.05, 0) is 32.7 Å². The number of nitrogens with one attached hydrogen (secondary N) is 2. The number of H-pyrrole nitrogens is 1. The fraction of sp³-hybridized carbons (Fsp3) is 0.500. The van der Waals surface area contributed by atoms with Crippen LogP contribution < -0.4 is 14.8 Å². The van der Waals surface area contributed by atoms with Crippen molar-refractivity contribution in [1.29, 1.82) is 0 Å². The van der Waals surface area contributed by atoms with Crippen molar-refractivity contribution >= 4 is 24.1 Å². The lowest BCUT2D eigenvalue weighted by atomic mass is 10.0. The van der Waals surface area contributed by atoms with Gasteiger partial charge in [-0.3, -0.25) is 24.5 Å². The average Bonchev–Trinajstić information content (AvgIpc) is 3.52. The third kappa shape index (κ3) is 6.06. The van der Waals surface area contributed by atoms with E-state index in [1.165, 1.54) is 19.2 Å². The van der Waals surface area contributed by atoms with Gasteiger partial charge in [-0.2, -0.15) is 5.10 Å². The number of aromatic hydroxyl groups is 1. The van der Waals surface area contributed by atoms with E-state index < -0.39 is 12.5 Å². The highest BCUT2D eigenvalue weighted by molar-refractivity contribution is 5.91. The normalized spacial score (nSPS) is 20.1. The summed E-state index contributed by atoms with van der Waals surface area (Å²) in [6, 6.07) is 4.44. The van der Waals surface area contributed by atoms with Crippen LogP contribution in [0.4, 0.5) is 10.6 Å².